The molecule has 0 fully saturated rings. The number of halogens is 2. The second-order valence-electron chi connectivity index (χ2n) is 6.42. The van der Waals surface area contributed by atoms with Crippen molar-refractivity contribution in [2.75, 3.05) is 6.61 Å². The van der Waals surface area contributed by atoms with Crippen molar-refractivity contribution in [1.82, 2.24) is 0 Å². The molecule has 0 aliphatic carbocycles. The van der Waals surface area contributed by atoms with Crippen molar-refractivity contribution < 1.29 is 14.3 Å². The maximum atomic E-state index is 9.14. The normalized spacial score (nSPS) is 10.6. The Hall–Kier alpha value is -2.76. The zero-order valence-corrected chi connectivity index (χ0v) is 19.8. The summed E-state index contributed by atoms with van der Waals surface area (Å²) in [5.74, 6) is 1.28. The van der Waals surface area contributed by atoms with E-state index < -0.39 is 0 Å². The van der Waals surface area contributed by atoms with E-state index in [1.165, 1.54) is 0 Å². The molecular weight excluding hydrogens is 527 g/mol. The maximum absolute atomic E-state index is 9.14. The number of hydrogen-bond donors (Lipinski definition) is 0. The largest absolute Gasteiger partial charge is 0.490 e. The molecule has 3 rings (SSSR count). The molecule has 3 aromatic rings. The predicted molar refractivity (Wildman–Crippen MR) is 130 cm³/mol. The van der Waals surface area contributed by atoms with Gasteiger partial charge in [0, 0.05) is 21.7 Å². The average Bonchev–Trinajstić information content (AvgIpc) is 2.77. The fraction of sp³-hybridized carbons (Fsp3) is 0.167. The van der Waals surface area contributed by atoms with Gasteiger partial charge in [0.15, 0.2) is 11.5 Å². The van der Waals surface area contributed by atoms with Crippen LogP contribution in [0.1, 0.15) is 29.2 Å². The van der Waals surface area contributed by atoms with Crippen LogP contribution in [0.2, 0.25) is 5.02 Å². The average molecular weight is 547 g/mol. The highest BCUT2D eigenvalue weighted by Gasteiger charge is 2.13. The van der Waals surface area contributed by atoms with Gasteiger partial charge in [-0.15, -0.1) is 0 Å². The lowest BCUT2D eigenvalue weighted by atomic mass is 10.1. The Balaban J connectivity index is 1.71. The van der Waals surface area contributed by atoms with E-state index in [1.807, 2.05) is 61.5 Å². The van der Waals surface area contributed by atoms with Gasteiger partial charge in [0.05, 0.1) is 28.0 Å². The van der Waals surface area contributed by atoms with Crippen molar-refractivity contribution >= 4 is 40.4 Å². The third-order valence-electron chi connectivity index (χ3n) is 4.30. The Bertz CT molecular complexity index is 1110. The maximum Gasteiger partial charge on any atom is 0.175 e. The van der Waals surface area contributed by atoms with Gasteiger partial charge in [-0.1, -0.05) is 53.2 Å². The minimum atomic E-state index is 0.217. The molecule has 0 aliphatic heterocycles. The van der Waals surface area contributed by atoms with Crippen LogP contribution in [0.15, 0.2) is 65.8 Å². The fourth-order valence-electron chi connectivity index (χ4n) is 2.79. The van der Waals surface area contributed by atoms with E-state index in [2.05, 4.69) is 33.8 Å². The topological polar surface area (TPSA) is 63.8 Å². The van der Waals surface area contributed by atoms with Gasteiger partial charge in [-0.25, -0.2) is 0 Å². The summed E-state index contributed by atoms with van der Waals surface area (Å²) in [7, 11) is 0. The Morgan fingerprint density at radius 3 is 2.52 bits per heavy atom. The van der Waals surface area contributed by atoms with Gasteiger partial charge >= 0.3 is 0 Å². The lowest BCUT2D eigenvalue weighted by Gasteiger charge is -2.15. The number of oxime groups is 1. The van der Waals surface area contributed by atoms with Gasteiger partial charge in [0.1, 0.15) is 13.2 Å². The highest BCUT2D eigenvalue weighted by molar-refractivity contribution is 14.1. The molecule has 158 valence electrons. The molecule has 0 spiro atoms. The number of benzene rings is 3. The Labute approximate surface area is 200 Å². The molecule has 0 unspecified atom stereocenters. The lowest BCUT2D eigenvalue weighted by Crippen LogP contribution is -2.03. The number of ether oxygens (including phenoxy) is 2. The molecule has 0 saturated heterocycles. The molecule has 0 heterocycles. The van der Waals surface area contributed by atoms with E-state index in [1.54, 1.807) is 12.3 Å². The van der Waals surface area contributed by atoms with Crippen molar-refractivity contribution in [3.05, 3.63) is 91.5 Å². The van der Waals surface area contributed by atoms with Crippen molar-refractivity contribution in [2.24, 2.45) is 5.16 Å². The number of nitriles is 1. The Morgan fingerprint density at radius 1 is 1.03 bits per heavy atom. The summed E-state index contributed by atoms with van der Waals surface area (Å²) in [5, 5.41) is 13.8. The summed E-state index contributed by atoms with van der Waals surface area (Å²) in [5.41, 5.74) is 3.08. The van der Waals surface area contributed by atoms with Crippen molar-refractivity contribution in [2.45, 2.75) is 20.1 Å². The second-order valence-corrected chi connectivity index (χ2v) is 7.99. The molecule has 5 nitrogen and oxygen atoms in total. The smallest absolute Gasteiger partial charge is 0.175 e. The summed E-state index contributed by atoms with van der Waals surface area (Å²) >= 11 is 8.43. The van der Waals surface area contributed by atoms with Gasteiger partial charge in [-0.3, -0.25) is 0 Å². The van der Waals surface area contributed by atoms with Crippen LogP contribution in [-0.2, 0) is 18.1 Å². The van der Waals surface area contributed by atoms with E-state index in [0.717, 1.165) is 20.3 Å². The van der Waals surface area contributed by atoms with Crippen LogP contribution in [0.25, 0.3) is 0 Å². The lowest BCUT2D eigenvalue weighted by molar-refractivity contribution is 0.132. The third kappa shape index (κ3) is 6.36. The van der Waals surface area contributed by atoms with Crippen LogP contribution in [0.5, 0.6) is 11.5 Å². The van der Waals surface area contributed by atoms with Crippen LogP contribution in [0, 0.1) is 14.9 Å². The van der Waals surface area contributed by atoms with Gasteiger partial charge in [0.25, 0.3) is 0 Å². The zero-order chi connectivity index (χ0) is 22.1. The van der Waals surface area contributed by atoms with Crippen molar-refractivity contribution in [1.29, 1.82) is 5.26 Å². The van der Waals surface area contributed by atoms with Gasteiger partial charge in [-0.05, 0) is 53.8 Å². The molecule has 0 radical (unpaired) electrons. The monoisotopic (exact) mass is 546 g/mol. The van der Waals surface area contributed by atoms with Gasteiger partial charge in [-0.2, -0.15) is 5.26 Å². The SMILES string of the molecule is CCOc1cc(/C=N\OCc2ccccc2C#N)cc(I)c1OCc1ccccc1Cl. The summed E-state index contributed by atoms with van der Waals surface area (Å²) in [4.78, 5) is 5.38. The van der Waals surface area contributed by atoms with Crippen LogP contribution in [0.4, 0.5) is 0 Å². The molecule has 0 aliphatic rings. The predicted octanol–water partition coefficient (Wildman–Crippen LogP) is 6.34. The first-order valence-corrected chi connectivity index (χ1v) is 11.0. The van der Waals surface area contributed by atoms with Crippen LogP contribution >= 0.6 is 34.2 Å². The zero-order valence-electron chi connectivity index (χ0n) is 16.8. The second kappa shape index (κ2) is 11.6. The van der Waals surface area contributed by atoms with Crippen LogP contribution < -0.4 is 9.47 Å². The van der Waals surface area contributed by atoms with Crippen LogP contribution in [-0.4, -0.2) is 12.8 Å². The molecule has 3 aromatic carbocycles. The highest BCUT2D eigenvalue weighted by atomic mass is 127. The molecule has 31 heavy (non-hydrogen) atoms. The highest BCUT2D eigenvalue weighted by Crippen LogP contribution is 2.35. The van der Waals surface area contributed by atoms with Gasteiger partial charge < -0.3 is 14.3 Å². The summed E-state index contributed by atoms with van der Waals surface area (Å²) in [6.07, 6.45) is 1.61. The van der Waals surface area contributed by atoms with E-state index in [9.17, 15) is 0 Å². The summed E-state index contributed by atoms with van der Waals surface area (Å²) in [6, 6.07) is 20.8. The molecule has 0 saturated carbocycles. The molecule has 0 atom stereocenters. The van der Waals surface area contributed by atoms with Crippen molar-refractivity contribution in [3.8, 4) is 17.6 Å². The first-order valence-electron chi connectivity index (χ1n) is 9.58. The van der Waals surface area contributed by atoms with E-state index in [-0.39, 0.29) is 6.61 Å². The van der Waals surface area contributed by atoms with E-state index >= 15 is 0 Å². The first-order chi connectivity index (χ1) is 15.1. The third-order valence-corrected chi connectivity index (χ3v) is 5.47. The molecule has 0 aromatic heterocycles. The van der Waals surface area contributed by atoms with Crippen LogP contribution in [0.3, 0.4) is 0 Å². The number of nitrogens with zero attached hydrogens (tertiary/aromatic N) is 2. The minimum absolute atomic E-state index is 0.217. The summed E-state index contributed by atoms with van der Waals surface area (Å²) in [6.45, 7) is 2.97. The number of hydrogen-bond acceptors (Lipinski definition) is 5. The molecule has 0 amide bonds. The van der Waals surface area contributed by atoms with Crippen molar-refractivity contribution in [3.63, 3.8) is 0 Å². The van der Waals surface area contributed by atoms with E-state index in [4.69, 9.17) is 31.2 Å². The number of rotatable bonds is 9. The minimum Gasteiger partial charge on any atom is -0.490 e. The fourth-order valence-corrected chi connectivity index (χ4v) is 3.76. The standard InChI is InChI=1S/C24H20ClIN2O3/c1-2-29-23-12-17(14-28-31-16-19-8-4-3-7-18(19)13-27)11-22(26)24(23)30-15-20-9-5-6-10-21(20)25/h3-12,14H,2,15-16H2,1H3/b28-14-. The molecular formula is C24H20ClIN2O3. The molecule has 7 heteroatoms. The van der Waals surface area contributed by atoms with Gasteiger partial charge in [0.2, 0.25) is 0 Å². The Morgan fingerprint density at radius 2 is 1.77 bits per heavy atom. The van der Waals surface area contributed by atoms with E-state index in [0.29, 0.717) is 35.3 Å². The molecule has 0 N–H and O–H groups in total. The first kappa shape index (κ1) is 22.9. The molecule has 0 bridgehead atoms. The quantitative estimate of drug-likeness (QED) is 0.178. The summed E-state index contributed by atoms with van der Waals surface area (Å²) < 4.78 is 12.7. The Kier molecular flexibility index (Phi) is 8.56.